The van der Waals surface area contributed by atoms with Gasteiger partial charge in [0.1, 0.15) is 22.7 Å². The number of hydrogen-bond donors (Lipinski definition) is 0. The molecule has 0 spiro atoms. The van der Waals surface area contributed by atoms with E-state index >= 15 is 0 Å². The Labute approximate surface area is 273 Å². The smallest absolute Gasteiger partial charge is 0.387 e. The zero-order valence-electron chi connectivity index (χ0n) is 24.5. The predicted octanol–water partition coefficient (Wildman–Crippen LogP) is 5.09. The first-order chi connectivity index (χ1) is 22.2. The van der Waals surface area contributed by atoms with Crippen LogP contribution in [0.1, 0.15) is 40.4 Å². The number of halogens is 4. The third-order valence-corrected chi connectivity index (χ3v) is 8.68. The van der Waals surface area contributed by atoms with E-state index in [-0.39, 0.29) is 33.5 Å². The van der Waals surface area contributed by atoms with E-state index in [1.54, 1.807) is 18.2 Å². The molecular weight excluding hydrogens is 647 g/mol. The summed E-state index contributed by atoms with van der Waals surface area (Å²) < 4.78 is 48.2. The van der Waals surface area contributed by atoms with Gasteiger partial charge in [0.05, 0.1) is 31.1 Å². The second-order valence-electron chi connectivity index (χ2n) is 11.2. The minimum Gasteiger partial charge on any atom is -0.489 e. The number of ether oxygens (including phenoxy) is 4. The van der Waals surface area contributed by atoms with Gasteiger partial charge in [-0.2, -0.15) is 8.78 Å². The molecule has 1 amide bonds. The molecule has 1 saturated carbocycles. The van der Waals surface area contributed by atoms with Gasteiger partial charge in [-0.3, -0.25) is 19.3 Å². The van der Waals surface area contributed by atoms with Gasteiger partial charge in [-0.15, -0.1) is 0 Å². The largest absolute Gasteiger partial charge is 0.489 e. The summed E-state index contributed by atoms with van der Waals surface area (Å²) in [6.07, 6.45) is 3.94. The number of aromatic nitrogens is 1. The van der Waals surface area contributed by atoms with Crippen molar-refractivity contribution in [2.45, 2.75) is 32.0 Å². The number of anilines is 2. The molecule has 46 heavy (non-hydrogen) atoms. The van der Waals surface area contributed by atoms with Crippen LogP contribution in [-0.4, -0.2) is 63.7 Å². The Bertz CT molecular complexity index is 1630. The van der Waals surface area contributed by atoms with E-state index in [1.165, 1.54) is 30.6 Å². The number of H-pyrrole nitrogens is 1. The molecule has 3 aromatic rings. The lowest BCUT2D eigenvalue weighted by Gasteiger charge is -2.29. The first-order valence-electron chi connectivity index (χ1n) is 14.8. The molecule has 2 fully saturated rings. The fourth-order valence-corrected chi connectivity index (χ4v) is 5.92. The lowest BCUT2D eigenvalue weighted by atomic mass is 10.0. The Balaban J connectivity index is 1.28. The van der Waals surface area contributed by atoms with Crippen LogP contribution < -0.4 is 24.3 Å². The van der Waals surface area contributed by atoms with Gasteiger partial charge in [-0.1, -0.05) is 29.3 Å². The molecule has 1 atom stereocenters. The maximum atomic E-state index is 13.5. The highest BCUT2D eigenvalue weighted by molar-refractivity contribution is 6.52. The number of morpholine rings is 1. The number of fused-ring (bicyclic) bond motifs is 1. The normalized spacial score (nSPS) is 16.9. The minimum absolute atomic E-state index is 0.000153. The van der Waals surface area contributed by atoms with Crippen LogP contribution in [0.5, 0.6) is 11.5 Å². The van der Waals surface area contributed by atoms with Crippen molar-refractivity contribution >= 4 is 52.2 Å². The summed E-state index contributed by atoms with van der Waals surface area (Å²) in [5.41, 5.74) is 2.13. The molecule has 2 aliphatic heterocycles. The van der Waals surface area contributed by atoms with E-state index in [4.69, 9.17) is 37.4 Å². The highest BCUT2D eigenvalue weighted by atomic mass is 35.5. The molecule has 2 aromatic carbocycles. The number of amides is 1. The molecule has 3 heterocycles. The second-order valence-corrected chi connectivity index (χ2v) is 12.0. The van der Waals surface area contributed by atoms with Crippen LogP contribution in [0.15, 0.2) is 48.8 Å². The molecule has 10 nitrogen and oxygen atoms in total. The third-order valence-electron chi connectivity index (χ3n) is 8.01. The van der Waals surface area contributed by atoms with E-state index in [0.717, 1.165) is 23.4 Å². The fraction of sp³-hybridized carbons (Fsp3) is 0.375. The fourth-order valence-electron chi connectivity index (χ4n) is 5.39. The third kappa shape index (κ3) is 7.19. The number of pyridine rings is 1. The molecule has 0 bridgehead atoms. The summed E-state index contributed by atoms with van der Waals surface area (Å²) in [5.74, 6) is -2.17. The predicted molar refractivity (Wildman–Crippen MR) is 163 cm³/mol. The van der Waals surface area contributed by atoms with E-state index in [9.17, 15) is 23.2 Å². The van der Waals surface area contributed by atoms with Gasteiger partial charge >= 0.3 is 12.6 Å². The number of hydrogen-bond acceptors (Lipinski definition) is 8. The number of rotatable bonds is 12. The quantitative estimate of drug-likeness (QED) is 0.193. The molecule has 0 unspecified atom stereocenters. The monoisotopic (exact) mass is 676 g/mol. The molecule has 242 valence electrons. The summed E-state index contributed by atoms with van der Waals surface area (Å²) in [4.78, 5) is 45.4. The highest BCUT2D eigenvalue weighted by Crippen LogP contribution is 2.38. The summed E-state index contributed by atoms with van der Waals surface area (Å²) in [5, 5.41) is 0.558. The lowest BCUT2D eigenvalue weighted by Crippen LogP contribution is -2.37. The number of aromatic amines is 1. The van der Waals surface area contributed by atoms with Gasteiger partial charge in [0, 0.05) is 30.8 Å². The van der Waals surface area contributed by atoms with Gasteiger partial charge in [0.25, 0.3) is 11.7 Å². The van der Waals surface area contributed by atoms with E-state index in [0.29, 0.717) is 55.6 Å². The van der Waals surface area contributed by atoms with Crippen molar-refractivity contribution < 1.29 is 47.1 Å². The molecule has 0 radical (unpaired) electrons. The van der Waals surface area contributed by atoms with Crippen molar-refractivity contribution in [1.82, 2.24) is 0 Å². The Kier molecular flexibility index (Phi) is 9.57. The Morgan fingerprint density at radius 3 is 2.46 bits per heavy atom. The van der Waals surface area contributed by atoms with Crippen LogP contribution >= 0.6 is 23.2 Å². The van der Waals surface area contributed by atoms with Crippen molar-refractivity contribution in [2.24, 2.45) is 5.92 Å². The van der Waals surface area contributed by atoms with Crippen molar-refractivity contribution in [3.63, 3.8) is 0 Å². The number of nitrogens with one attached hydrogen (secondary N) is 1. The van der Waals surface area contributed by atoms with Crippen LogP contribution in [-0.2, 0) is 25.5 Å². The number of Topliss-reactive ketones (excluding diaryl/α,β-unsaturated/α-hetero) is 1. The first kappa shape index (κ1) is 32.0. The van der Waals surface area contributed by atoms with E-state index < -0.39 is 36.9 Å². The number of nitrogens with zero attached hydrogens (tertiary/aromatic N) is 2. The van der Waals surface area contributed by atoms with Crippen LogP contribution in [0.3, 0.4) is 0 Å². The molecule has 1 aliphatic carbocycles. The van der Waals surface area contributed by atoms with Gasteiger partial charge in [-0.05, 0) is 54.7 Å². The van der Waals surface area contributed by atoms with E-state index in [2.05, 4.69) is 14.6 Å². The standard InChI is InChI=1S/C32H29Cl2F2N3O7/c33-23-14-37-15-24(34)22(23)13-27(19-3-6-26(46-32(35)36)28(11-19)44-17-18-1-2-18)45-29(40)16-39-25-12-20(38-7-9-43-10-8-38)4-5-21(25)30(41)31(39)42/h3-6,11-12,14-15,18,27,32H,1-2,7-10,13,16-17H2/p+1/t27-/m0/s1. The SMILES string of the molecule is O=C(CN1C(=O)C(=O)c2ccc(N3CCOCC3)cc21)O[C@@H](Cc1c(Cl)c[nH+]cc1Cl)c1ccc(OC(F)F)c(OCC2CC2)c1. The maximum Gasteiger partial charge on any atom is 0.387 e. The van der Waals surface area contributed by atoms with Crippen LogP contribution in [0.25, 0.3) is 0 Å². The summed E-state index contributed by atoms with van der Waals surface area (Å²) in [6, 6.07) is 9.33. The molecule has 1 N–H and O–H groups in total. The molecule has 1 aromatic heterocycles. The van der Waals surface area contributed by atoms with Crippen LogP contribution in [0, 0.1) is 5.92 Å². The minimum atomic E-state index is -3.08. The zero-order valence-corrected chi connectivity index (χ0v) is 26.0. The second kappa shape index (κ2) is 13.8. The zero-order chi connectivity index (χ0) is 32.4. The van der Waals surface area contributed by atoms with Crippen molar-refractivity contribution in [3.05, 3.63) is 75.5 Å². The Morgan fingerprint density at radius 2 is 1.76 bits per heavy atom. The lowest BCUT2D eigenvalue weighted by molar-refractivity contribution is -0.377. The Morgan fingerprint density at radius 1 is 1.02 bits per heavy atom. The average Bonchev–Trinajstić information content (AvgIpc) is 3.85. The number of carbonyl (C=O) groups excluding carboxylic acids is 3. The number of alkyl halides is 2. The number of benzene rings is 2. The van der Waals surface area contributed by atoms with Gasteiger partial charge in [-0.25, -0.2) is 4.98 Å². The highest BCUT2D eigenvalue weighted by Gasteiger charge is 2.38. The molecule has 3 aliphatic rings. The Hall–Kier alpha value is -4.00. The molecule has 1 saturated heterocycles. The first-order valence-corrected chi connectivity index (χ1v) is 15.5. The summed E-state index contributed by atoms with van der Waals surface area (Å²) >= 11 is 12.8. The van der Waals surface area contributed by atoms with Gasteiger partial charge in [0.2, 0.25) is 0 Å². The van der Waals surface area contributed by atoms with Crippen molar-refractivity contribution in [2.75, 3.05) is 49.3 Å². The maximum absolute atomic E-state index is 13.5. The van der Waals surface area contributed by atoms with E-state index in [1.807, 2.05) is 0 Å². The molecule has 6 rings (SSSR count). The van der Waals surface area contributed by atoms with Crippen molar-refractivity contribution in [3.8, 4) is 11.5 Å². The number of carbonyl (C=O) groups is 3. The van der Waals surface area contributed by atoms with Crippen molar-refractivity contribution in [1.29, 1.82) is 0 Å². The number of esters is 1. The molecular formula is C32H30Cl2F2N3O7+. The topological polar surface area (TPSA) is 109 Å². The van der Waals surface area contributed by atoms with Gasteiger partial charge in [0.15, 0.2) is 23.9 Å². The number of ketones is 1. The summed E-state index contributed by atoms with van der Waals surface area (Å²) in [6.45, 7) is -0.946. The summed E-state index contributed by atoms with van der Waals surface area (Å²) in [7, 11) is 0. The van der Waals surface area contributed by atoms with Crippen LogP contribution in [0.2, 0.25) is 10.0 Å². The average molecular weight is 678 g/mol. The van der Waals surface area contributed by atoms with Crippen LogP contribution in [0.4, 0.5) is 20.2 Å². The van der Waals surface area contributed by atoms with Gasteiger partial charge < -0.3 is 23.8 Å². The molecule has 14 heteroatoms.